The Hall–Kier alpha value is -2.21. The summed E-state index contributed by atoms with van der Waals surface area (Å²) in [5.74, 6) is -0.370. The average molecular weight is 260 g/mol. The average Bonchev–Trinajstić information content (AvgIpc) is 2.96. The number of rotatable bonds is 6. The van der Waals surface area contributed by atoms with Gasteiger partial charge in [-0.25, -0.2) is 4.79 Å². The lowest BCUT2D eigenvalue weighted by Gasteiger charge is -2.05. The van der Waals surface area contributed by atoms with Crippen LogP contribution < -0.4 is 5.32 Å². The van der Waals surface area contributed by atoms with Gasteiger partial charge in [0.05, 0.1) is 24.9 Å². The third-order valence-corrected chi connectivity index (χ3v) is 2.63. The van der Waals surface area contributed by atoms with Crippen LogP contribution in [0.15, 0.2) is 36.8 Å². The van der Waals surface area contributed by atoms with E-state index in [4.69, 9.17) is 0 Å². The fourth-order valence-electron chi connectivity index (χ4n) is 1.61. The van der Waals surface area contributed by atoms with Crippen molar-refractivity contribution in [3.05, 3.63) is 48.0 Å². The maximum Gasteiger partial charge on any atom is 0.339 e. The highest BCUT2D eigenvalue weighted by Crippen LogP contribution is 2.01. The Bertz CT molecular complexity index is 508. The summed E-state index contributed by atoms with van der Waals surface area (Å²) in [5, 5.41) is 7.37. The van der Waals surface area contributed by atoms with Gasteiger partial charge in [-0.05, 0) is 18.2 Å². The highest BCUT2D eigenvalue weighted by molar-refractivity contribution is 5.88. The van der Waals surface area contributed by atoms with Crippen LogP contribution >= 0.6 is 0 Å². The number of carbonyl (C=O) groups excluding carboxylic acids is 1. The van der Waals surface area contributed by atoms with Gasteiger partial charge in [0.2, 0.25) is 0 Å². The second-order valence-electron chi connectivity index (χ2n) is 3.98. The molecule has 19 heavy (non-hydrogen) atoms. The molecular weight excluding hydrogens is 244 g/mol. The Morgan fingerprint density at radius 3 is 3.00 bits per heavy atom. The first-order valence-corrected chi connectivity index (χ1v) is 6.01. The zero-order chi connectivity index (χ0) is 13.5. The van der Waals surface area contributed by atoms with Gasteiger partial charge < -0.3 is 10.1 Å². The predicted octanol–water partition coefficient (Wildman–Crippen LogP) is 0.854. The van der Waals surface area contributed by atoms with E-state index in [2.05, 4.69) is 20.1 Å². The van der Waals surface area contributed by atoms with Crippen LogP contribution in [0.1, 0.15) is 16.1 Å². The molecule has 2 rings (SSSR count). The molecule has 0 aliphatic rings. The summed E-state index contributed by atoms with van der Waals surface area (Å²) in [4.78, 5) is 15.4. The Kier molecular flexibility index (Phi) is 4.63. The van der Waals surface area contributed by atoms with Gasteiger partial charge in [0, 0.05) is 31.7 Å². The van der Waals surface area contributed by atoms with Crippen LogP contribution in [0, 0.1) is 0 Å². The number of esters is 1. The molecular formula is C13H16N4O2. The largest absolute Gasteiger partial charge is 0.465 e. The number of nitrogens with one attached hydrogen (secondary N) is 1. The highest BCUT2D eigenvalue weighted by atomic mass is 16.5. The first kappa shape index (κ1) is 13.2. The van der Waals surface area contributed by atoms with Crippen LogP contribution in [0.3, 0.4) is 0 Å². The maximum atomic E-state index is 11.2. The number of nitrogens with zero attached hydrogens (tertiary/aromatic N) is 3. The summed E-state index contributed by atoms with van der Waals surface area (Å²) in [6.07, 6.45) is 5.20. The molecule has 0 fully saturated rings. The zero-order valence-electron chi connectivity index (χ0n) is 10.7. The second-order valence-corrected chi connectivity index (χ2v) is 3.98. The van der Waals surface area contributed by atoms with E-state index in [0.717, 1.165) is 18.8 Å². The first-order valence-electron chi connectivity index (χ1n) is 6.01. The molecule has 100 valence electrons. The molecule has 0 radical (unpaired) electrons. The number of hydrogen-bond donors (Lipinski definition) is 1. The van der Waals surface area contributed by atoms with Crippen molar-refractivity contribution in [3.8, 4) is 0 Å². The van der Waals surface area contributed by atoms with Crippen LogP contribution in [-0.4, -0.2) is 34.4 Å². The third-order valence-electron chi connectivity index (χ3n) is 2.63. The van der Waals surface area contributed by atoms with Crippen molar-refractivity contribution in [2.75, 3.05) is 13.7 Å². The Morgan fingerprint density at radius 1 is 1.47 bits per heavy atom. The van der Waals surface area contributed by atoms with Crippen LogP contribution in [0.5, 0.6) is 0 Å². The summed E-state index contributed by atoms with van der Waals surface area (Å²) in [5.41, 5.74) is 1.34. The lowest BCUT2D eigenvalue weighted by molar-refractivity contribution is 0.0600. The minimum atomic E-state index is -0.370. The molecule has 6 nitrogen and oxygen atoms in total. The van der Waals surface area contributed by atoms with Crippen LogP contribution in [-0.2, 0) is 17.8 Å². The molecule has 0 unspecified atom stereocenters. The molecule has 0 aliphatic carbocycles. The summed E-state index contributed by atoms with van der Waals surface area (Å²) in [6.45, 7) is 2.28. The van der Waals surface area contributed by atoms with E-state index in [1.54, 1.807) is 12.3 Å². The van der Waals surface area contributed by atoms with Gasteiger partial charge in [0.25, 0.3) is 0 Å². The minimum absolute atomic E-state index is 0.370. The molecule has 0 saturated carbocycles. The van der Waals surface area contributed by atoms with E-state index in [-0.39, 0.29) is 5.97 Å². The molecule has 2 aromatic rings. The van der Waals surface area contributed by atoms with Gasteiger partial charge in [0.1, 0.15) is 0 Å². The Morgan fingerprint density at radius 2 is 2.37 bits per heavy atom. The van der Waals surface area contributed by atoms with Gasteiger partial charge >= 0.3 is 5.97 Å². The second kappa shape index (κ2) is 6.65. The Labute approximate surface area is 111 Å². The summed E-state index contributed by atoms with van der Waals surface area (Å²) in [7, 11) is 1.35. The van der Waals surface area contributed by atoms with Crippen molar-refractivity contribution in [1.82, 2.24) is 20.1 Å². The summed E-state index contributed by atoms with van der Waals surface area (Å²) in [6, 6.07) is 5.42. The van der Waals surface area contributed by atoms with E-state index >= 15 is 0 Å². The molecule has 0 spiro atoms. The van der Waals surface area contributed by atoms with Gasteiger partial charge in [-0.2, -0.15) is 5.10 Å². The van der Waals surface area contributed by atoms with E-state index in [1.165, 1.54) is 13.3 Å². The normalized spacial score (nSPS) is 10.4. The van der Waals surface area contributed by atoms with Crippen molar-refractivity contribution in [2.24, 2.45) is 0 Å². The zero-order valence-corrected chi connectivity index (χ0v) is 10.7. The quantitative estimate of drug-likeness (QED) is 0.616. The maximum absolute atomic E-state index is 11.2. The molecule has 0 aliphatic heterocycles. The van der Waals surface area contributed by atoms with E-state index < -0.39 is 0 Å². The molecule has 0 atom stereocenters. The lowest BCUT2D eigenvalue weighted by atomic mass is 10.2. The molecule has 0 bridgehead atoms. The van der Waals surface area contributed by atoms with E-state index in [1.807, 2.05) is 23.0 Å². The number of ether oxygens (including phenoxy) is 1. The number of hydrogen-bond acceptors (Lipinski definition) is 5. The molecule has 0 amide bonds. The van der Waals surface area contributed by atoms with Crippen LogP contribution in [0.25, 0.3) is 0 Å². The molecule has 0 aromatic carbocycles. The van der Waals surface area contributed by atoms with Crippen molar-refractivity contribution in [2.45, 2.75) is 13.1 Å². The fraction of sp³-hybridized carbons (Fsp3) is 0.308. The summed E-state index contributed by atoms with van der Waals surface area (Å²) < 4.78 is 6.47. The van der Waals surface area contributed by atoms with Crippen LogP contribution in [0.2, 0.25) is 0 Å². The topological polar surface area (TPSA) is 69.0 Å². The number of aromatic nitrogens is 3. The lowest BCUT2D eigenvalue weighted by Crippen LogP contribution is -2.20. The molecule has 1 N–H and O–H groups in total. The molecule has 2 aromatic heterocycles. The Balaban J connectivity index is 1.75. The summed E-state index contributed by atoms with van der Waals surface area (Å²) >= 11 is 0. The molecule has 0 saturated heterocycles. The fourth-order valence-corrected chi connectivity index (χ4v) is 1.61. The van der Waals surface area contributed by atoms with Crippen molar-refractivity contribution in [3.63, 3.8) is 0 Å². The van der Waals surface area contributed by atoms with Crippen molar-refractivity contribution < 1.29 is 9.53 Å². The number of carbonyl (C=O) groups is 1. The van der Waals surface area contributed by atoms with Gasteiger partial charge in [-0.1, -0.05) is 0 Å². The highest BCUT2D eigenvalue weighted by Gasteiger charge is 2.04. The minimum Gasteiger partial charge on any atom is -0.465 e. The molecule has 6 heteroatoms. The first-order chi connectivity index (χ1) is 9.29. The SMILES string of the molecule is COC(=O)c1ccc(CNCCn2cccn2)nc1. The number of methoxy groups -OCH3 is 1. The van der Waals surface area contributed by atoms with E-state index in [9.17, 15) is 4.79 Å². The van der Waals surface area contributed by atoms with Gasteiger partial charge in [-0.15, -0.1) is 0 Å². The smallest absolute Gasteiger partial charge is 0.339 e. The van der Waals surface area contributed by atoms with Gasteiger partial charge in [0.15, 0.2) is 0 Å². The monoisotopic (exact) mass is 260 g/mol. The predicted molar refractivity (Wildman–Crippen MR) is 69.5 cm³/mol. The third kappa shape index (κ3) is 3.89. The van der Waals surface area contributed by atoms with Crippen LogP contribution in [0.4, 0.5) is 0 Å². The standard InChI is InChI=1S/C13H16N4O2/c1-19-13(18)11-3-4-12(15-9-11)10-14-6-8-17-7-2-5-16-17/h2-5,7,9,14H,6,8,10H2,1H3. The number of pyridine rings is 1. The van der Waals surface area contributed by atoms with Gasteiger partial charge in [-0.3, -0.25) is 9.67 Å². The van der Waals surface area contributed by atoms with Crippen molar-refractivity contribution >= 4 is 5.97 Å². The molecule has 2 heterocycles. The van der Waals surface area contributed by atoms with Crippen molar-refractivity contribution in [1.29, 1.82) is 0 Å². The van der Waals surface area contributed by atoms with E-state index in [0.29, 0.717) is 12.1 Å².